The van der Waals surface area contributed by atoms with Gasteiger partial charge in [-0.25, -0.2) is 0 Å². The Morgan fingerprint density at radius 3 is 2.05 bits per heavy atom. The molecule has 5 heteroatoms. The SMILES string of the molecule is O=C(CC1(C(=O)O)CCCCC1)NC1(CO)CCC1. The number of amides is 1. The van der Waals surface area contributed by atoms with E-state index in [4.69, 9.17) is 0 Å². The van der Waals surface area contributed by atoms with E-state index in [1.54, 1.807) is 0 Å². The summed E-state index contributed by atoms with van der Waals surface area (Å²) in [4.78, 5) is 23.6. The molecule has 0 aliphatic heterocycles. The Hall–Kier alpha value is -1.10. The summed E-state index contributed by atoms with van der Waals surface area (Å²) >= 11 is 0. The number of aliphatic carboxylic acids is 1. The van der Waals surface area contributed by atoms with Crippen molar-refractivity contribution in [3.8, 4) is 0 Å². The lowest BCUT2D eigenvalue weighted by Crippen LogP contribution is -2.57. The van der Waals surface area contributed by atoms with E-state index < -0.39 is 16.9 Å². The van der Waals surface area contributed by atoms with Gasteiger partial charge in [0.25, 0.3) is 0 Å². The molecule has 0 aromatic rings. The Morgan fingerprint density at radius 1 is 1.00 bits per heavy atom. The summed E-state index contributed by atoms with van der Waals surface area (Å²) < 4.78 is 0. The van der Waals surface area contributed by atoms with E-state index >= 15 is 0 Å². The van der Waals surface area contributed by atoms with Gasteiger partial charge in [0.2, 0.25) is 5.91 Å². The third-order valence-electron chi connectivity index (χ3n) is 4.78. The highest BCUT2D eigenvalue weighted by atomic mass is 16.4. The summed E-state index contributed by atoms with van der Waals surface area (Å²) in [5.74, 6) is -1.08. The molecule has 3 N–H and O–H groups in total. The van der Waals surface area contributed by atoms with Gasteiger partial charge in [-0.3, -0.25) is 9.59 Å². The van der Waals surface area contributed by atoms with Gasteiger partial charge < -0.3 is 15.5 Å². The molecular formula is C14H23NO4. The van der Waals surface area contributed by atoms with Crippen molar-refractivity contribution < 1.29 is 19.8 Å². The molecule has 0 heterocycles. The first-order valence-electron chi connectivity index (χ1n) is 7.17. The van der Waals surface area contributed by atoms with Gasteiger partial charge in [0.1, 0.15) is 0 Å². The third-order valence-corrected chi connectivity index (χ3v) is 4.78. The summed E-state index contributed by atoms with van der Waals surface area (Å²) in [5.41, 5.74) is -1.37. The van der Waals surface area contributed by atoms with Gasteiger partial charge in [0.05, 0.1) is 17.6 Å². The summed E-state index contributed by atoms with van der Waals surface area (Å²) in [5, 5.41) is 21.6. The maximum Gasteiger partial charge on any atom is 0.310 e. The van der Waals surface area contributed by atoms with Gasteiger partial charge in [-0.2, -0.15) is 0 Å². The number of hydrogen-bond acceptors (Lipinski definition) is 3. The Kier molecular flexibility index (Phi) is 4.13. The van der Waals surface area contributed by atoms with Crippen molar-refractivity contribution in [3.63, 3.8) is 0 Å². The summed E-state index contributed by atoms with van der Waals surface area (Å²) in [6, 6.07) is 0. The number of aliphatic hydroxyl groups is 1. The largest absolute Gasteiger partial charge is 0.481 e. The van der Waals surface area contributed by atoms with Gasteiger partial charge in [0, 0.05) is 6.42 Å². The fourth-order valence-corrected chi connectivity index (χ4v) is 3.27. The van der Waals surface area contributed by atoms with Crippen LogP contribution in [0.15, 0.2) is 0 Å². The van der Waals surface area contributed by atoms with Crippen LogP contribution in [-0.2, 0) is 9.59 Å². The second-order valence-corrected chi connectivity index (χ2v) is 6.16. The van der Waals surface area contributed by atoms with E-state index in [1.165, 1.54) is 0 Å². The smallest absolute Gasteiger partial charge is 0.310 e. The Balaban J connectivity index is 1.97. The lowest BCUT2D eigenvalue weighted by Gasteiger charge is -2.42. The molecule has 2 aliphatic rings. The Morgan fingerprint density at radius 2 is 1.63 bits per heavy atom. The maximum absolute atomic E-state index is 12.1. The van der Waals surface area contributed by atoms with Crippen LogP contribution in [0.2, 0.25) is 0 Å². The highest BCUT2D eigenvalue weighted by molar-refractivity contribution is 5.85. The van der Waals surface area contributed by atoms with Crippen molar-refractivity contribution in [3.05, 3.63) is 0 Å². The zero-order valence-electron chi connectivity index (χ0n) is 11.3. The van der Waals surface area contributed by atoms with E-state index in [0.29, 0.717) is 12.8 Å². The van der Waals surface area contributed by atoms with Crippen LogP contribution >= 0.6 is 0 Å². The van der Waals surface area contributed by atoms with Crippen LogP contribution in [0.1, 0.15) is 57.8 Å². The van der Waals surface area contributed by atoms with Crippen LogP contribution in [0.4, 0.5) is 0 Å². The number of rotatable bonds is 5. The average molecular weight is 269 g/mol. The molecule has 0 atom stereocenters. The highest BCUT2D eigenvalue weighted by Crippen LogP contribution is 2.40. The topological polar surface area (TPSA) is 86.6 Å². The van der Waals surface area contributed by atoms with Crippen LogP contribution in [0, 0.1) is 5.41 Å². The van der Waals surface area contributed by atoms with Crippen molar-refractivity contribution in [2.45, 2.75) is 63.3 Å². The van der Waals surface area contributed by atoms with E-state index in [2.05, 4.69) is 5.32 Å². The molecule has 2 rings (SSSR count). The van der Waals surface area contributed by atoms with Gasteiger partial charge >= 0.3 is 5.97 Å². The minimum absolute atomic E-state index is 0.0457. The van der Waals surface area contributed by atoms with E-state index in [-0.39, 0.29) is 18.9 Å². The molecule has 0 unspecified atom stereocenters. The van der Waals surface area contributed by atoms with Crippen molar-refractivity contribution in [1.82, 2.24) is 5.32 Å². The van der Waals surface area contributed by atoms with E-state index in [9.17, 15) is 19.8 Å². The van der Waals surface area contributed by atoms with Gasteiger partial charge in [-0.1, -0.05) is 19.3 Å². The molecule has 2 saturated carbocycles. The summed E-state index contributed by atoms with van der Waals surface area (Å²) in [6.45, 7) is -0.0567. The quantitative estimate of drug-likeness (QED) is 0.705. The highest BCUT2D eigenvalue weighted by Gasteiger charge is 2.44. The monoisotopic (exact) mass is 269 g/mol. The predicted molar refractivity (Wildman–Crippen MR) is 69.6 cm³/mol. The van der Waals surface area contributed by atoms with Crippen molar-refractivity contribution in [2.24, 2.45) is 5.41 Å². The number of carboxylic acid groups (broad SMARTS) is 1. The number of carbonyl (C=O) groups excluding carboxylic acids is 1. The molecular weight excluding hydrogens is 246 g/mol. The average Bonchev–Trinajstić information content (AvgIpc) is 2.35. The molecule has 2 aliphatic carbocycles. The summed E-state index contributed by atoms with van der Waals surface area (Å²) in [7, 11) is 0. The standard InChI is InChI=1S/C14H23NO4/c16-10-14(7-4-8-14)15-11(17)9-13(12(18)19)5-2-1-3-6-13/h16H,1-10H2,(H,15,17)(H,18,19). The Labute approximate surface area is 113 Å². The predicted octanol–water partition coefficient (Wildman–Crippen LogP) is 1.44. The molecule has 0 aromatic carbocycles. The van der Waals surface area contributed by atoms with E-state index in [1.807, 2.05) is 0 Å². The first-order valence-corrected chi connectivity index (χ1v) is 7.17. The molecule has 108 valence electrons. The lowest BCUT2D eigenvalue weighted by molar-refractivity contribution is -0.154. The molecule has 0 saturated heterocycles. The minimum Gasteiger partial charge on any atom is -0.481 e. The number of nitrogens with one attached hydrogen (secondary N) is 1. The molecule has 2 fully saturated rings. The van der Waals surface area contributed by atoms with Gasteiger partial charge in [0.15, 0.2) is 0 Å². The first-order chi connectivity index (χ1) is 9.02. The fourth-order valence-electron chi connectivity index (χ4n) is 3.27. The van der Waals surface area contributed by atoms with Crippen molar-refractivity contribution in [2.75, 3.05) is 6.61 Å². The van der Waals surface area contributed by atoms with Crippen molar-refractivity contribution >= 4 is 11.9 Å². The van der Waals surface area contributed by atoms with Crippen LogP contribution < -0.4 is 5.32 Å². The first kappa shape index (κ1) is 14.3. The van der Waals surface area contributed by atoms with Gasteiger partial charge in [-0.15, -0.1) is 0 Å². The van der Waals surface area contributed by atoms with Crippen LogP contribution in [0.5, 0.6) is 0 Å². The number of aliphatic hydroxyl groups excluding tert-OH is 1. The normalized spacial score (nSPS) is 24.3. The Bertz CT molecular complexity index is 351. The second-order valence-electron chi connectivity index (χ2n) is 6.16. The number of carbonyl (C=O) groups is 2. The molecule has 19 heavy (non-hydrogen) atoms. The molecule has 0 aromatic heterocycles. The van der Waals surface area contributed by atoms with Crippen molar-refractivity contribution in [1.29, 1.82) is 0 Å². The maximum atomic E-state index is 12.1. The van der Waals surface area contributed by atoms with Crippen LogP contribution in [-0.4, -0.2) is 34.2 Å². The van der Waals surface area contributed by atoms with Crippen LogP contribution in [0.25, 0.3) is 0 Å². The fraction of sp³-hybridized carbons (Fsp3) is 0.857. The molecule has 0 radical (unpaired) electrons. The molecule has 0 spiro atoms. The van der Waals surface area contributed by atoms with E-state index in [0.717, 1.165) is 38.5 Å². The van der Waals surface area contributed by atoms with Crippen LogP contribution in [0.3, 0.4) is 0 Å². The minimum atomic E-state index is -0.886. The van der Waals surface area contributed by atoms with Gasteiger partial charge in [-0.05, 0) is 32.1 Å². The number of hydrogen-bond donors (Lipinski definition) is 3. The molecule has 5 nitrogen and oxygen atoms in total. The number of carboxylic acids is 1. The molecule has 1 amide bonds. The molecule has 0 bridgehead atoms. The summed E-state index contributed by atoms with van der Waals surface area (Å²) in [6.07, 6.45) is 6.61. The zero-order valence-corrected chi connectivity index (χ0v) is 11.3. The lowest BCUT2D eigenvalue weighted by atomic mass is 9.71. The zero-order chi connectivity index (χ0) is 13.9. The third kappa shape index (κ3) is 2.91. The second kappa shape index (κ2) is 5.49.